The smallest absolute Gasteiger partial charge is 0.234 e. The topological polar surface area (TPSA) is 52.7 Å². The summed E-state index contributed by atoms with van der Waals surface area (Å²) in [6.45, 7) is 6.94. The summed E-state index contributed by atoms with van der Waals surface area (Å²) in [6.07, 6.45) is 0. The number of nitrogens with zero attached hydrogens (tertiary/aromatic N) is 2. The maximum absolute atomic E-state index is 12.0. The molecule has 1 saturated heterocycles. The largest absolute Gasteiger partial charge is 0.348 e. The number of hydrogen-bond acceptors (Lipinski definition) is 4. The zero-order valence-electron chi connectivity index (χ0n) is 12.0. The van der Waals surface area contributed by atoms with Gasteiger partial charge in [-0.3, -0.25) is 14.5 Å². The summed E-state index contributed by atoms with van der Waals surface area (Å²) in [7, 11) is 0. The SMILES string of the molecule is CC(=O)N1CCN(CC(=O)NC(C)c2cccs2)CC1. The van der Waals surface area contributed by atoms with Crippen molar-refractivity contribution in [2.24, 2.45) is 0 Å². The third kappa shape index (κ3) is 4.05. The zero-order chi connectivity index (χ0) is 14.5. The van der Waals surface area contributed by atoms with Crippen LogP contribution in [0.5, 0.6) is 0 Å². The van der Waals surface area contributed by atoms with Gasteiger partial charge in [-0.05, 0) is 18.4 Å². The van der Waals surface area contributed by atoms with Gasteiger partial charge < -0.3 is 10.2 Å². The lowest BCUT2D eigenvalue weighted by Gasteiger charge is -2.33. The maximum atomic E-state index is 12.0. The summed E-state index contributed by atoms with van der Waals surface area (Å²) < 4.78 is 0. The van der Waals surface area contributed by atoms with Crippen molar-refractivity contribution in [1.29, 1.82) is 0 Å². The minimum absolute atomic E-state index is 0.0437. The molecule has 1 N–H and O–H groups in total. The van der Waals surface area contributed by atoms with Gasteiger partial charge in [-0.1, -0.05) is 6.07 Å². The Morgan fingerprint density at radius 3 is 2.60 bits per heavy atom. The van der Waals surface area contributed by atoms with Gasteiger partial charge in [0.2, 0.25) is 11.8 Å². The summed E-state index contributed by atoms with van der Waals surface area (Å²) in [4.78, 5) is 28.3. The Kier molecular flexibility index (Phi) is 5.14. The Bertz CT molecular complexity index is 453. The second kappa shape index (κ2) is 6.85. The highest BCUT2D eigenvalue weighted by atomic mass is 32.1. The van der Waals surface area contributed by atoms with Gasteiger partial charge in [-0.2, -0.15) is 0 Å². The van der Waals surface area contributed by atoms with E-state index in [-0.39, 0.29) is 17.9 Å². The van der Waals surface area contributed by atoms with Gasteiger partial charge in [-0.15, -0.1) is 11.3 Å². The Balaban J connectivity index is 1.74. The van der Waals surface area contributed by atoms with E-state index in [0.29, 0.717) is 19.6 Å². The lowest BCUT2D eigenvalue weighted by molar-refractivity contribution is -0.131. The van der Waals surface area contributed by atoms with Crippen molar-refractivity contribution >= 4 is 23.2 Å². The van der Waals surface area contributed by atoms with E-state index in [1.54, 1.807) is 18.3 Å². The number of piperazine rings is 1. The fraction of sp³-hybridized carbons (Fsp3) is 0.571. The Labute approximate surface area is 123 Å². The molecule has 2 rings (SSSR count). The van der Waals surface area contributed by atoms with E-state index < -0.39 is 0 Å². The number of carbonyl (C=O) groups is 2. The summed E-state index contributed by atoms with van der Waals surface area (Å²) in [5, 5.41) is 5.03. The van der Waals surface area contributed by atoms with Crippen molar-refractivity contribution in [3.05, 3.63) is 22.4 Å². The maximum Gasteiger partial charge on any atom is 0.234 e. The van der Waals surface area contributed by atoms with E-state index in [9.17, 15) is 9.59 Å². The molecule has 1 aliphatic rings. The van der Waals surface area contributed by atoms with E-state index in [1.807, 2.05) is 29.3 Å². The summed E-state index contributed by atoms with van der Waals surface area (Å²) >= 11 is 1.65. The van der Waals surface area contributed by atoms with E-state index >= 15 is 0 Å². The molecule has 0 aromatic carbocycles. The Hall–Kier alpha value is -1.40. The lowest BCUT2D eigenvalue weighted by Crippen LogP contribution is -2.50. The second-order valence-electron chi connectivity index (χ2n) is 5.09. The summed E-state index contributed by atoms with van der Waals surface area (Å²) in [5.41, 5.74) is 0. The second-order valence-corrected chi connectivity index (χ2v) is 6.07. The van der Waals surface area contributed by atoms with Crippen LogP contribution in [0.15, 0.2) is 17.5 Å². The first-order valence-electron chi connectivity index (χ1n) is 6.87. The minimum atomic E-state index is 0.0437. The fourth-order valence-corrected chi connectivity index (χ4v) is 3.05. The van der Waals surface area contributed by atoms with Gasteiger partial charge in [0, 0.05) is 38.0 Å². The number of rotatable bonds is 4. The van der Waals surface area contributed by atoms with Crippen LogP contribution in [0.2, 0.25) is 0 Å². The molecule has 0 radical (unpaired) electrons. The zero-order valence-corrected chi connectivity index (χ0v) is 12.8. The number of thiophene rings is 1. The van der Waals surface area contributed by atoms with Crippen LogP contribution < -0.4 is 5.32 Å². The monoisotopic (exact) mass is 295 g/mol. The van der Waals surface area contributed by atoms with Crippen LogP contribution in [0.25, 0.3) is 0 Å². The predicted molar refractivity (Wildman–Crippen MR) is 79.6 cm³/mol. The van der Waals surface area contributed by atoms with Crippen LogP contribution in [-0.4, -0.2) is 54.3 Å². The summed E-state index contributed by atoms with van der Waals surface area (Å²) in [5.74, 6) is 0.155. The first-order chi connectivity index (χ1) is 9.56. The molecule has 20 heavy (non-hydrogen) atoms. The minimum Gasteiger partial charge on any atom is -0.348 e. The number of hydrogen-bond donors (Lipinski definition) is 1. The van der Waals surface area contributed by atoms with E-state index in [0.717, 1.165) is 13.1 Å². The number of nitrogens with one attached hydrogen (secondary N) is 1. The highest BCUT2D eigenvalue weighted by Crippen LogP contribution is 2.17. The van der Waals surface area contributed by atoms with Crippen LogP contribution in [0.1, 0.15) is 24.8 Å². The molecule has 1 fully saturated rings. The highest BCUT2D eigenvalue weighted by Gasteiger charge is 2.20. The lowest BCUT2D eigenvalue weighted by atomic mass is 10.2. The van der Waals surface area contributed by atoms with Crippen LogP contribution in [0.3, 0.4) is 0 Å². The molecule has 2 heterocycles. The third-order valence-corrected chi connectivity index (χ3v) is 4.59. The van der Waals surface area contributed by atoms with Gasteiger partial charge in [-0.25, -0.2) is 0 Å². The van der Waals surface area contributed by atoms with Gasteiger partial charge in [0.1, 0.15) is 0 Å². The average molecular weight is 295 g/mol. The molecule has 5 nitrogen and oxygen atoms in total. The molecule has 6 heteroatoms. The average Bonchev–Trinajstić information content (AvgIpc) is 2.93. The van der Waals surface area contributed by atoms with Crippen LogP contribution in [-0.2, 0) is 9.59 Å². The van der Waals surface area contributed by atoms with Crippen molar-refractivity contribution in [3.8, 4) is 0 Å². The van der Waals surface area contributed by atoms with Crippen LogP contribution >= 0.6 is 11.3 Å². The van der Waals surface area contributed by atoms with Crippen molar-refractivity contribution in [2.45, 2.75) is 19.9 Å². The molecule has 0 saturated carbocycles. The summed E-state index contributed by atoms with van der Waals surface area (Å²) in [6, 6.07) is 4.08. The molecular weight excluding hydrogens is 274 g/mol. The van der Waals surface area contributed by atoms with Gasteiger partial charge in [0.05, 0.1) is 12.6 Å². The van der Waals surface area contributed by atoms with E-state index in [4.69, 9.17) is 0 Å². The predicted octanol–water partition coefficient (Wildman–Crippen LogP) is 1.09. The standard InChI is InChI=1S/C14H21N3O2S/c1-11(13-4-3-9-20-13)15-14(19)10-16-5-7-17(8-6-16)12(2)18/h3-4,9,11H,5-8,10H2,1-2H3,(H,15,19). The van der Waals surface area contributed by atoms with Crippen LogP contribution in [0.4, 0.5) is 0 Å². The number of amides is 2. The Morgan fingerprint density at radius 2 is 2.05 bits per heavy atom. The third-order valence-electron chi connectivity index (χ3n) is 3.53. The highest BCUT2D eigenvalue weighted by molar-refractivity contribution is 7.10. The molecule has 0 bridgehead atoms. The number of carbonyl (C=O) groups excluding carboxylic acids is 2. The van der Waals surface area contributed by atoms with Gasteiger partial charge in [0.15, 0.2) is 0 Å². The Morgan fingerprint density at radius 1 is 1.35 bits per heavy atom. The molecule has 110 valence electrons. The molecular formula is C14H21N3O2S. The molecule has 1 atom stereocenters. The van der Waals surface area contributed by atoms with Crippen molar-refractivity contribution < 1.29 is 9.59 Å². The quantitative estimate of drug-likeness (QED) is 0.904. The molecule has 0 spiro atoms. The molecule has 0 aliphatic carbocycles. The molecule has 2 amide bonds. The van der Waals surface area contributed by atoms with E-state index in [2.05, 4.69) is 10.2 Å². The van der Waals surface area contributed by atoms with Crippen molar-refractivity contribution in [3.63, 3.8) is 0 Å². The molecule has 1 aromatic rings. The molecule has 1 unspecified atom stereocenters. The van der Waals surface area contributed by atoms with Gasteiger partial charge >= 0.3 is 0 Å². The van der Waals surface area contributed by atoms with Crippen molar-refractivity contribution in [1.82, 2.24) is 15.1 Å². The fourth-order valence-electron chi connectivity index (χ4n) is 2.32. The first kappa shape index (κ1) is 15.0. The normalized spacial score (nSPS) is 17.8. The van der Waals surface area contributed by atoms with E-state index in [1.165, 1.54) is 4.88 Å². The first-order valence-corrected chi connectivity index (χ1v) is 7.75. The molecule has 1 aromatic heterocycles. The molecule has 1 aliphatic heterocycles. The van der Waals surface area contributed by atoms with Gasteiger partial charge in [0.25, 0.3) is 0 Å². The van der Waals surface area contributed by atoms with Crippen LogP contribution in [0, 0.1) is 0 Å². The van der Waals surface area contributed by atoms with Crippen molar-refractivity contribution in [2.75, 3.05) is 32.7 Å².